The quantitative estimate of drug-likeness (QED) is 0.154. The molecule has 0 saturated heterocycles. The predicted molar refractivity (Wildman–Crippen MR) is 184 cm³/mol. The average Bonchev–Trinajstić information content (AvgIpc) is 3.41. The first kappa shape index (κ1) is 29.0. The number of anilines is 4. The highest BCUT2D eigenvalue weighted by Gasteiger charge is 2.26. The van der Waals surface area contributed by atoms with Gasteiger partial charge in [-0.05, 0) is 73.4 Å². The van der Waals surface area contributed by atoms with E-state index in [2.05, 4.69) is 68.6 Å². The zero-order valence-electron chi connectivity index (χ0n) is 25.7. The Balaban J connectivity index is 1.25. The number of aromatic nitrogens is 3. The van der Waals surface area contributed by atoms with Crippen molar-refractivity contribution >= 4 is 46.2 Å². The number of nitrogens with one attached hydrogen (secondary N) is 4. The largest absolute Gasteiger partial charge is 0.380 e. The van der Waals surface area contributed by atoms with Gasteiger partial charge in [-0.15, -0.1) is 0 Å². The highest BCUT2D eigenvalue weighted by Crippen LogP contribution is 2.39. The van der Waals surface area contributed by atoms with E-state index in [0.29, 0.717) is 19.3 Å². The fraction of sp³-hybridized carbons (Fsp3) is 0.189. The summed E-state index contributed by atoms with van der Waals surface area (Å²) in [6, 6.07) is 24.0. The molecule has 0 radical (unpaired) electrons. The second kappa shape index (κ2) is 12.4. The number of carbonyl (C=O) groups excluding carboxylic acids is 2. The SMILES string of the molecule is C/C(=C\c1cccc2c1N[C@H](Cc1cc3c(c(-c4cnn(-c5ccncc5)c4)c1)N[C@H](C)CC(=O)N3)CC(=O)N2)c1ccccc1. The lowest BCUT2D eigenvalue weighted by Crippen LogP contribution is -2.25. The molecule has 3 aromatic carbocycles. The topological polar surface area (TPSA) is 113 Å². The molecular formula is C37H35N7O2. The molecule has 4 heterocycles. The zero-order chi connectivity index (χ0) is 31.6. The fourth-order valence-electron chi connectivity index (χ4n) is 6.24. The number of benzene rings is 3. The predicted octanol–water partition coefficient (Wildman–Crippen LogP) is 7.00. The van der Waals surface area contributed by atoms with E-state index in [9.17, 15) is 9.59 Å². The van der Waals surface area contributed by atoms with Gasteiger partial charge in [-0.25, -0.2) is 4.68 Å². The molecular weight excluding hydrogens is 574 g/mol. The van der Waals surface area contributed by atoms with Gasteiger partial charge in [-0.1, -0.05) is 42.5 Å². The summed E-state index contributed by atoms with van der Waals surface area (Å²) in [6.07, 6.45) is 10.7. The number of hydrogen-bond donors (Lipinski definition) is 4. The number of carbonyl (C=O) groups is 2. The Hall–Kier alpha value is -5.70. The average molecular weight is 610 g/mol. The summed E-state index contributed by atoms with van der Waals surface area (Å²) in [5.41, 5.74) is 10.2. The maximum atomic E-state index is 13.1. The van der Waals surface area contributed by atoms with Crippen molar-refractivity contribution in [1.82, 2.24) is 14.8 Å². The van der Waals surface area contributed by atoms with E-state index in [1.165, 1.54) is 0 Å². The number of rotatable bonds is 6. The van der Waals surface area contributed by atoms with Crippen LogP contribution in [0.25, 0.3) is 28.5 Å². The minimum atomic E-state index is -0.188. The van der Waals surface area contributed by atoms with Gasteiger partial charge in [0, 0.05) is 60.2 Å². The lowest BCUT2D eigenvalue weighted by molar-refractivity contribution is -0.117. The van der Waals surface area contributed by atoms with Gasteiger partial charge in [-0.2, -0.15) is 5.10 Å². The monoisotopic (exact) mass is 609 g/mol. The van der Waals surface area contributed by atoms with Gasteiger partial charge < -0.3 is 21.3 Å². The third kappa shape index (κ3) is 6.12. The zero-order valence-corrected chi connectivity index (χ0v) is 25.7. The highest BCUT2D eigenvalue weighted by molar-refractivity contribution is 6.01. The van der Waals surface area contributed by atoms with Gasteiger partial charge in [0.15, 0.2) is 0 Å². The Labute approximate surface area is 267 Å². The Bertz CT molecular complexity index is 1950. The first-order chi connectivity index (χ1) is 22.4. The van der Waals surface area contributed by atoms with Crippen LogP contribution in [0.15, 0.2) is 97.6 Å². The third-order valence-electron chi connectivity index (χ3n) is 8.41. The molecule has 9 nitrogen and oxygen atoms in total. The summed E-state index contributed by atoms with van der Waals surface area (Å²) in [7, 11) is 0. The first-order valence-corrected chi connectivity index (χ1v) is 15.5. The number of hydrogen-bond acceptors (Lipinski definition) is 6. The van der Waals surface area contributed by atoms with Crippen molar-refractivity contribution in [3.63, 3.8) is 0 Å². The smallest absolute Gasteiger partial charge is 0.226 e. The van der Waals surface area contributed by atoms with Crippen LogP contribution in [0.1, 0.15) is 43.4 Å². The molecule has 0 saturated carbocycles. The van der Waals surface area contributed by atoms with Crippen molar-refractivity contribution in [2.24, 2.45) is 0 Å². The number of amides is 2. The van der Waals surface area contributed by atoms with Crippen LogP contribution in [0.5, 0.6) is 0 Å². The van der Waals surface area contributed by atoms with Crippen molar-refractivity contribution in [1.29, 1.82) is 0 Å². The Morgan fingerprint density at radius 2 is 1.67 bits per heavy atom. The van der Waals surface area contributed by atoms with Gasteiger partial charge in [0.1, 0.15) is 0 Å². The summed E-state index contributed by atoms with van der Waals surface area (Å²) >= 11 is 0. The molecule has 7 rings (SSSR count). The number of para-hydroxylation sites is 1. The van der Waals surface area contributed by atoms with E-state index in [4.69, 9.17) is 0 Å². The number of allylic oxidation sites excluding steroid dienone is 1. The van der Waals surface area contributed by atoms with E-state index < -0.39 is 0 Å². The van der Waals surface area contributed by atoms with Crippen LogP contribution in [-0.4, -0.2) is 38.7 Å². The van der Waals surface area contributed by atoms with Crippen LogP contribution < -0.4 is 21.3 Å². The molecule has 2 aromatic heterocycles. The maximum absolute atomic E-state index is 13.1. The van der Waals surface area contributed by atoms with Crippen LogP contribution >= 0.6 is 0 Å². The van der Waals surface area contributed by atoms with E-state index in [0.717, 1.165) is 61.8 Å². The molecule has 5 aromatic rings. The van der Waals surface area contributed by atoms with Crippen LogP contribution in [0.4, 0.5) is 22.7 Å². The highest BCUT2D eigenvalue weighted by atomic mass is 16.2. The van der Waals surface area contributed by atoms with Crippen LogP contribution in [-0.2, 0) is 16.0 Å². The lowest BCUT2D eigenvalue weighted by Gasteiger charge is -2.22. The number of nitrogens with zero attached hydrogens (tertiary/aromatic N) is 3. The van der Waals surface area contributed by atoms with Crippen molar-refractivity contribution < 1.29 is 9.59 Å². The summed E-state index contributed by atoms with van der Waals surface area (Å²) in [5, 5.41) is 18.1. The fourth-order valence-corrected chi connectivity index (χ4v) is 6.24. The molecule has 9 heteroatoms. The summed E-state index contributed by atoms with van der Waals surface area (Å²) in [5.74, 6) is -0.0880. The molecule has 0 fully saturated rings. The van der Waals surface area contributed by atoms with Gasteiger partial charge in [0.2, 0.25) is 11.8 Å². The van der Waals surface area contributed by atoms with E-state index in [1.54, 1.807) is 12.4 Å². The second-order valence-corrected chi connectivity index (χ2v) is 12.0. The molecule has 2 amide bonds. The number of fused-ring (bicyclic) bond motifs is 2. The van der Waals surface area contributed by atoms with Crippen molar-refractivity contribution in [3.8, 4) is 16.8 Å². The maximum Gasteiger partial charge on any atom is 0.226 e. The Morgan fingerprint density at radius 3 is 2.50 bits per heavy atom. The molecule has 0 unspecified atom stereocenters. The minimum Gasteiger partial charge on any atom is -0.380 e. The van der Waals surface area contributed by atoms with Crippen molar-refractivity contribution in [2.75, 3.05) is 21.3 Å². The Kier molecular flexibility index (Phi) is 7.80. The van der Waals surface area contributed by atoms with Gasteiger partial charge in [-0.3, -0.25) is 14.6 Å². The molecule has 0 bridgehead atoms. The summed E-state index contributed by atoms with van der Waals surface area (Å²) in [4.78, 5) is 30.1. The standard InChI is InChI=1S/C37H35N7O2/c1-23(26-7-4-3-5-8-26)15-27-9-6-10-32-36(27)41-29(20-35(46)42-32)17-25-18-31(37-33(19-25)43-34(45)16-24(2)40-37)28-21-39-44(22-28)30-11-13-38-14-12-30/h3-15,18-19,21-22,24,29,40-41H,16-17,20H2,1-2H3,(H,42,46)(H,43,45)/b23-15+/t24-,29-/m1/s1. The minimum absolute atomic E-state index is 0.0413. The van der Waals surface area contributed by atoms with Crippen LogP contribution in [0.3, 0.4) is 0 Å². The summed E-state index contributed by atoms with van der Waals surface area (Å²) < 4.78 is 1.81. The molecule has 46 heavy (non-hydrogen) atoms. The van der Waals surface area contributed by atoms with E-state index >= 15 is 0 Å². The first-order valence-electron chi connectivity index (χ1n) is 15.5. The summed E-state index contributed by atoms with van der Waals surface area (Å²) in [6.45, 7) is 4.10. The van der Waals surface area contributed by atoms with Gasteiger partial charge in [0.25, 0.3) is 0 Å². The Morgan fingerprint density at radius 1 is 0.891 bits per heavy atom. The van der Waals surface area contributed by atoms with Gasteiger partial charge >= 0.3 is 0 Å². The molecule has 2 atom stereocenters. The normalized spacial score (nSPS) is 17.7. The third-order valence-corrected chi connectivity index (χ3v) is 8.41. The molecule has 4 N–H and O–H groups in total. The lowest BCUT2D eigenvalue weighted by atomic mass is 9.96. The molecule has 0 spiro atoms. The van der Waals surface area contributed by atoms with E-state index in [-0.39, 0.29) is 23.9 Å². The van der Waals surface area contributed by atoms with E-state index in [1.807, 2.05) is 72.5 Å². The van der Waals surface area contributed by atoms with Crippen LogP contribution in [0, 0.1) is 0 Å². The molecule has 2 aliphatic rings. The molecule has 0 aliphatic carbocycles. The van der Waals surface area contributed by atoms with Crippen LogP contribution in [0.2, 0.25) is 0 Å². The van der Waals surface area contributed by atoms with Crippen molar-refractivity contribution in [3.05, 3.63) is 114 Å². The molecule has 2 aliphatic heterocycles. The van der Waals surface area contributed by atoms with Crippen molar-refractivity contribution in [2.45, 2.75) is 45.2 Å². The second-order valence-electron chi connectivity index (χ2n) is 12.0. The number of pyridine rings is 1. The molecule has 230 valence electrons. The van der Waals surface area contributed by atoms with Gasteiger partial charge in [0.05, 0.1) is 34.6 Å².